The van der Waals surface area contributed by atoms with E-state index >= 15 is 0 Å². The number of hydrogen-bond acceptors (Lipinski definition) is 4. The minimum Gasteiger partial charge on any atom is -0.484 e. The number of rotatable bonds is 9. The highest BCUT2D eigenvalue weighted by Crippen LogP contribution is 2.31. The van der Waals surface area contributed by atoms with Crippen molar-refractivity contribution in [3.63, 3.8) is 0 Å². The molecule has 0 saturated carbocycles. The summed E-state index contributed by atoms with van der Waals surface area (Å²) in [5.41, 5.74) is 3.82. The van der Waals surface area contributed by atoms with Gasteiger partial charge in [-0.05, 0) is 67.6 Å². The lowest BCUT2D eigenvalue weighted by Crippen LogP contribution is -2.20. The van der Waals surface area contributed by atoms with Crippen LogP contribution < -0.4 is 15.4 Å². The summed E-state index contributed by atoms with van der Waals surface area (Å²) < 4.78 is 7.75. The molecule has 4 aromatic carbocycles. The standard InChI is InChI=1S/C30H27N3O3S/c1-2-33-27-11-7-6-10-25(27)26-18-22(14-17-28(26)33)32-30(35)20-37-24-15-12-21(13-16-24)31-29(34)19-36-23-8-4-3-5-9-23/h3-18H,2,19-20H2,1H3,(H,31,34)(H,32,35). The van der Waals surface area contributed by atoms with E-state index in [4.69, 9.17) is 4.74 Å². The molecule has 7 heteroatoms. The monoisotopic (exact) mass is 509 g/mol. The first-order chi connectivity index (χ1) is 18.1. The SMILES string of the molecule is CCn1c2ccccc2c2cc(NC(=O)CSc3ccc(NC(=O)COc4ccccc4)cc3)ccc21. The number of para-hydroxylation sites is 2. The van der Waals surface area contributed by atoms with Crippen molar-refractivity contribution in [1.82, 2.24) is 4.57 Å². The van der Waals surface area contributed by atoms with E-state index in [1.165, 1.54) is 22.7 Å². The van der Waals surface area contributed by atoms with Gasteiger partial charge in [0.05, 0.1) is 5.75 Å². The number of ether oxygens (including phenoxy) is 1. The van der Waals surface area contributed by atoms with E-state index in [9.17, 15) is 9.59 Å². The highest BCUT2D eigenvalue weighted by atomic mass is 32.2. The zero-order valence-corrected chi connectivity index (χ0v) is 21.3. The number of aromatic nitrogens is 1. The lowest BCUT2D eigenvalue weighted by molar-refractivity contribution is -0.118. The molecular formula is C30H27N3O3S. The van der Waals surface area contributed by atoms with E-state index in [0.717, 1.165) is 28.0 Å². The van der Waals surface area contributed by atoms with Crippen LogP contribution in [0.5, 0.6) is 5.75 Å². The predicted octanol–water partition coefficient (Wildman–Crippen LogP) is 6.56. The Morgan fingerprint density at radius 3 is 2.22 bits per heavy atom. The van der Waals surface area contributed by atoms with Gasteiger partial charge in [-0.1, -0.05) is 36.4 Å². The van der Waals surface area contributed by atoms with Crippen LogP contribution >= 0.6 is 11.8 Å². The van der Waals surface area contributed by atoms with Crippen LogP contribution in [0, 0.1) is 0 Å². The van der Waals surface area contributed by atoms with Gasteiger partial charge in [-0.25, -0.2) is 0 Å². The molecule has 0 spiro atoms. The molecule has 0 bridgehead atoms. The molecule has 0 saturated heterocycles. The van der Waals surface area contributed by atoms with Gasteiger partial charge in [-0.2, -0.15) is 0 Å². The summed E-state index contributed by atoms with van der Waals surface area (Å²) in [6.45, 7) is 2.96. The van der Waals surface area contributed by atoms with Crippen molar-refractivity contribution in [2.24, 2.45) is 0 Å². The van der Waals surface area contributed by atoms with E-state index in [2.05, 4.69) is 40.3 Å². The van der Waals surface area contributed by atoms with Crippen molar-refractivity contribution < 1.29 is 14.3 Å². The molecule has 6 nitrogen and oxygen atoms in total. The summed E-state index contributed by atoms with van der Waals surface area (Å²) >= 11 is 1.44. The third kappa shape index (κ3) is 5.78. The molecule has 0 aliphatic heterocycles. The first kappa shape index (κ1) is 24.5. The maximum atomic E-state index is 12.6. The molecular weight excluding hydrogens is 482 g/mol. The summed E-state index contributed by atoms with van der Waals surface area (Å²) in [6.07, 6.45) is 0. The molecule has 0 radical (unpaired) electrons. The molecule has 186 valence electrons. The summed E-state index contributed by atoms with van der Waals surface area (Å²) in [7, 11) is 0. The second-order valence-electron chi connectivity index (χ2n) is 8.50. The fourth-order valence-electron chi connectivity index (χ4n) is 4.32. The number of aryl methyl sites for hydroxylation is 1. The lowest BCUT2D eigenvalue weighted by atomic mass is 10.1. The molecule has 1 heterocycles. The number of carbonyl (C=O) groups excluding carboxylic acids is 2. The van der Waals surface area contributed by atoms with Crippen LogP contribution in [0.1, 0.15) is 6.92 Å². The van der Waals surface area contributed by atoms with E-state index in [0.29, 0.717) is 11.4 Å². The van der Waals surface area contributed by atoms with Gasteiger partial charge in [0, 0.05) is 44.6 Å². The topological polar surface area (TPSA) is 72.4 Å². The number of thioether (sulfide) groups is 1. The maximum Gasteiger partial charge on any atom is 0.262 e. The minimum absolute atomic E-state index is 0.0640. The van der Waals surface area contributed by atoms with Crippen LogP contribution in [0.4, 0.5) is 11.4 Å². The van der Waals surface area contributed by atoms with E-state index in [-0.39, 0.29) is 24.2 Å². The number of carbonyl (C=O) groups is 2. The fraction of sp³-hybridized carbons (Fsp3) is 0.133. The van der Waals surface area contributed by atoms with E-state index in [1.807, 2.05) is 66.7 Å². The van der Waals surface area contributed by atoms with Crippen LogP contribution in [0.15, 0.2) is 102 Å². The Kier molecular flexibility index (Phi) is 7.42. The molecule has 2 N–H and O–H groups in total. The zero-order valence-electron chi connectivity index (χ0n) is 20.4. The molecule has 5 rings (SSSR count). The third-order valence-electron chi connectivity index (χ3n) is 5.99. The quantitative estimate of drug-likeness (QED) is 0.221. The summed E-state index contributed by atoms with van der Waals surface area (Å²) in [4.78, 5) is 25.7. The Hall–Kier alpha value is -4.23. The maximum absolute atomic E-state index is 12.6. The van der Waals surface area contributed by atoms with Crippen LogP contribution in [0.3, 0.4) is 0 Å². The molecule has 0 atom stereocenters. The molecule has 0 aliphatic carbocycles. The second-order valence-corrected chi connectivity index (χ2v) is 9.55. The molecule has 2 amide bonds. The Labute approximate surface area is 219 Å². The highest BCUT2D eigenvalue weighted by molar-refractivity contribution is 8.00. The predicted molar refractivity (Wildman–Crippen MR) is 151 cm³/mol. The van der Waals surface area contributed by atoms with Crippen molar-refractivity contribution in [2.75, 3.05) is 23.0 Å². The number of anilines is 2. The van der Waals surface area contributed by atoms with E-state index in [1.54, 1.807) is 12.1 Å². The van der Waals surface area contributed by atoms with Crippen molar-refractivity contribution in [3.8, 4) is 5.75 Å². The Balaban J connectivity index is 1.14. The largest absolute Gasteiger partial charge is 0.484 e. The van der Waals surface area contributed by atoms with Gasteiger partial charge in [0.15, 0.2) is 6.61 Å². The summed E-state index contributed by atoms with van der Waals surface area (Å²) in [5, 5.41) is 8.16. The van der Waals surface area contributed by atoms with E-state index < -0.39 is 0 Å². The molecule has 1 aromatic heterocycles. The van der Waals surface area contributed by atoms with Gasteiger partial charge in [-0.3, -0.25) is 9.59 Å². The Morgan fingerprint density at radius 1 is 0.757 bits per heavy atom. The Bertz CT molecular complexity index is 1550. The van der Waals surface area contributed by atoms with Gasteiger partial charge in [0.1, 0.15) is 5.75 Å². The smallest absolute Gasteiger partial charge is 0.262 e. The molecule has 37 heavy (non-hydrogen) atoms. The van der Waals surface area contributed by atoms with Crippen LogP contribution in [-0.2, 0) is 16.1 Å². The number of amides is 2. The minimum atomic E-state index is -0.234. The fourth-order valence-corrected chi connectivity index (χ4v) is 5.01. The van der Waals surface area contributed by atoms with Gasteiger partial charge in [0.25, 0.3) is 5.91 Å². The first-order valence-electron chi connectivity index (χ1n) is 12.1. The van der Waals surface area contributed by atoms with Gasteiger partial charge in [-0.15, -0.1) is 11.8 Å². The zero-order chi connectivity index (χ0) is 25.6. The number of nitrogens with zero attached hydrogens (tertiary/aromatic N) is 1. The van der Waals surface area contributed by atoms with Gasteiger partial charge < -0.3 is 19.9 Å². The van der Waals surface area contributed by atoms with Crippen LogP contribution in [0.25, 0.3) is 21.8 Å². The molecule has 5 aromatic rings. The number of fused-ring (bicyclic) bond motifs is 3. The number of hydrogen-bond donors (Lipinski definition) is 2. The average Bonchev–Trinajstić information content (AvgIpc) is 3.25. The average molecular weight is 510 g/mol. The van der Waals surface area contributed by atoms with Crippen LogP contribution in [-0.4, -0.2) is 28.7 Å². The first-order valence-corrected chi connectivity index (χ1v) is 13.1. The summed E-state index contributed by atoms with van der Waals surface area (Å²) in [6, 6.07) is 31.0. The second kappa shape index (κ2) is 11.2. The summed E-state index contributed by atoms with van der Waals surface area (Å²) in [5.74, 6) is 0.628. The van der Waals surface area contributed by atoms with Gasteiger partial charge in [0.2, 0.25) is 5.91 Å². The molecule has 0 aliphatic rings. The number of nitrogens with one attached hydrogen (secondary N) is 2. The lowest BCUT2D eigenvalue weighted by Gasteiger charge is -2.09. The van der Waals surface area contributed by atoms with Crippen molar-refractivity contribution >= 4 is 56.8 Å². The Morgan fingerprint density at radius 2 is 1.43 bits per heavy atom. The van der Waals surface area contributed by atoms with Crippen molar-refractivity contribution in [2.45, 2.75) is 18.4 Å². The highest BCUT2D eigenvalue weighted by Gasteiger charge is 2.11. The van der Waals surface area contributed by atoms with Crippen molar-refractivity contribution in [1.29, 1.82) is 0 Å². The van der Waals surface area contributed by atoms with Gasteiger partial charge >= 0.3 is 0 Å². The third-order valence-corrected chi connectivity index (χ3v) is 7.01. The molecule has 0 fully saturated rings. The van der Waals surface area contributed by atoms with Crippen LogP contribution in [0.2, 0.25) is 0 Å². The number of benzene rings is 4. The molecule has 0 unspecified atom stereocenters. The van der Waals surface area contributed by atoms with Crippen molar-refractivity contribution in [3.05, 3.63) is 97.1 Å². The normalized spacial score (nSPS) is 10.9.